The second kappa shape index (κ2) is 3.16. The van der Waals surface area contributed by atoms with Crippen molar-refractivity contribution in [3.05, 3.63) is 29.1 Å². The fourth-order valence-corrected chi connectivity index (χ4v) is 0.793. The van der Waals surface area contributed by atoms with Gasteiger partial charge in [0.15, 0.2) is 0 Å². The normalized spacial score (nSPS) is 9.18. The largest absolute Gasteiger partial charge is 0.260 e. The predicted octanol–water partition coefficient (Wildman–Crippen LogP) is 1.84. The Hall–Kier alpha value is -1.36. The number of halogens is 1. The number of alkyl halides is 1. The third kappa shape index (κ3) is 1.56. The van der Waals surface area contributed by atoms with Gasteiger partial charge in [0, 0.05) is 23.0 Å². The Balaban J connectivity index is 3.15. The molecule has 0 spiro atoms. The minimum Gasteiger partial charge on any atom is -0.260 e. The molecule has 0 aliphatic heterocycles. The zero-order chi connectivity index (χ0) is 8.27. The highest BCUT2D eigenvalue weighted by molar-refractivity contribution is 5.34. The van der Waals surface area contributed by atoms with Crippen LogP contribution in [0.2, 0.25) is 0 Å². The first-order valence-corrected chi connectivity index (χ1v) is 3.26. The van der Waals surface area contributed by atoms with E-state index in [4.69, 9.17) is 6.42 Å². The molecule has 1 rings (SSSR count). The highest BCUT2D eigenvalue weighted by Gasteiger charge is 1.98. The molecule has 1 aromatic heterocycles. The summed E-state index contributed by atoms with van der Waals surface area (Å²) < 4.78 is 12.2. The Kier molecular flexibility index (Phi) is 2.22. The van der Waals surface area contributed by atoms with Gasteiger partial charge in [0.25, 0.3) is 0 Å². The smallest absolute Gasteiger partial charge is 0.116 e. The van der Waals surface area contributed by atoms with Crippen molar-refractivity contribution in [1.29, 1.82) is 0 Å². The molecule has 0 amide bonds. The van der Waals surface area contributed by atoms with E-state index in [0.29, 0.717) is 16.8 Å². The summed E-state index contributed by atoms with van der Waals surface area (Å²) in [4.78, 5) is 3.94. The quantitative estimate of drug-likeness (QED) is 0.555. The summed E-state index contributed by atoms with van der Waals surface area (Å²) in [7, 11) is 0. The Labute approximate surface area is 65.3 Å². The van der Waals surface area contributed by atoms with Crippen molar-refractivity contribution in [3.8, 4) is 12.3 Å². The Morgan fingerprint density at radius 1 is 1.73 bits per heavy atom. The van der Waals surface area contributed by atoms with Crippen molar-refractivity contribution >= 4 is 0 Å². The van der Waals surface area contributed by atoms with Crippen molar-refractivity contribution in [2.75, 3.05) is 0 Å². The van der Waals surface area contributed by atoms with Crippen LogP contribution < -0.4 is 0 Å². The van der Waals surface area contributed by atoms with Gasteiger partial charge < -0.3 is 0 Å². The van der Waals surface area contributed by atoms with Crippen molar-refractivity contribution in [1.82, 2.24) is 4.98 Å². The Morgan fingerprint density at radius 2 is 2.45 bits per heavy atom. The summed E-state index contributed by atoms with van der Waals surface area (Å²) in [6, 6.07) is 1.64. The fourth-order valence-electron chi connectivity index (χ4n) is 0.793. The SMILES string of the molecule is C#Cc1cnc(C)c(CF)c1. The van der Waals surface area contributed by atoms with Gasteiger partial charge in [-0.2, -0.15) is 0 Å². The van der Waals surface area contributed by atoms with E-state index < -0.39 is 6.67 Å². The number of aryl methyl sites for hydroxylation is 1. The van der Waals surface area contributed by atoms with Crippen LogP contribution in [0.15, 0.2) is 12.3 Å². The van der Waals surface area contributed by atoms with Gasteiger partial charge in [-0.1, -0.05) is 5.92 Å². The zero-order valence-corrected chi connectivity index (χ0v) is 6.26. The summed E-state index contributed by atoms with van der Waals surface area (Å²) in [5.74, 6) is 2.40. The second-order valence-electron chi connectivity index (χ2n) is 2.25. The molecule has 1 aromatic rings. The number of hydrogen-bond donors (Lipinski definition) is 0. The minimum atomic E-state index is -0.506. The number of rotatable bonds is 1. The lowest BCUT2D eigenvalue weighted by Crippen LogP contribution is -1.90. The van der Waals surface area contributed by atoms with Crippen LogP contribution in [0.3, 0.4) is 0 Å². The first-order valence-electron chi connectivity index (χ1n) is 3.26. The van der Waals surface area contributed by atoms with Gasteiger partial charge in [-0.3, -0.25) is 4.98 Å². The predicted molar refractivity (Wildman–Crippen MR) is 41.7 cm³/mol. The first-order chi connectivity index (χ1) is 5.27. The lowest BCUT2D eigenvalue weighted by Gasteiger charge is -1.99. The molecular weight excluding hydrogens is 141 g/mol. The van der Waals surface area contributed by atoms with Crippen LogP contribution in [0.4, 0.5) is 4.39 Å². The molecule has 1 heterocycles. The maximum absolute atomic E-state index is 12.2. The average molecular weight is 149 g/mol. The summed E-state index contributed by atoms with van der Waals surface area (Å²) in [5.41, 5.74) is 1.90. The summed E-state index contributed by atoms with van der Waals surface area (Å²) in [6.45, 7) is 1.25. The van der Waals surface area contributed by atoms with Gasteiger partial charge in [0.05, 0.1) is 0 Å². The van der Waals surface area contributed by atoms with Crippen LogP contribution in [0.5, 0.6) is 0 Å². The molecule has 0 atom stereocenters. The Morgan fingerprint density at radius 3 is 3.00 bits per heavy atom. The van der Waals surface area contributed by atoms with E-state index in [0.717, 1.165) is 0 Å². The van der Waals surface area contributed by atoms with Gasteiger partial charge in [-0.05, 0) is 13.0 Å². The maximum atomic E-state index is 12.2. The molecule has 0 radical (unpaired) electrons. The van der Waals surface area contributed by atoms with Crippen molar-refractivity contribution in [2.45, 2.75) is 13.6 Å². The second-order valence-corrected chi connectivity index (χ2v) is 2.25. The number of pyridine rings is 1. The van der Waals surface area contributed by atoms with Gasteiger partial charge in [0.1, 0.15) is 6.67 Å². The lowest BCUT2D eigenvalue weighted by molar-refractivity contribution is 0.482. The van der Waals surface area contributed by atoms with Crippen LogP contribution >= 0.6 is 0 Å². The zero-order valence-electron chi connectivity index (χ0n) is 6.26. The number of aromatic nitrogens is 1. The van der Waals surface area contributed by atoms with E-state index >= 15 is 0 Å². The molecule has 0 saturated heterocycles. The lowest BCUT2D eigenvalue weighted by atomic mass is 10.2. The van der Waals surface area contributed by atoms with Crippen LogP contribution in [0.25, 0.3) is 0 Å². The van der Waals surface area contributed by atoms with Crippen molar-refractivity contribution in [3.63, 3.8) is 0 Å². The van der Waals surface area contributed by atoms with Gasteiger partial charge >= 0.3 is 0 Å². The molecule has 0 fully saturated rings. The molecule has 0 aliphatic carbocycles. The third-order valence-corrected chi connectivity index (χ3v) is 1.50. The molecule has 0 aliphatic rings. The van der Waals surface area contributed by atoms with E-state index in [1.54, 1.807) is 19.2 Å². The topological polar surface area (TPSA) is 12.9 Å². The summed E-state index contributed by atoms with van der Waals surface area (Å²) >= 11 is 0. The van der Waals surface area contributed by atoms with Crippen LogP contribution in [0, 0.1) is 19.3 Å². The molecule has 56 valence electrons. The molecule has 11 heavy (non-hydrogen) atoms. The van der Waals surface area contributed by atoms with E-state index in [1.807, 2.05) is 0 Å². The molecule has 2 heteroatoms. The number of nitrogens with zero attached hydrogens (tertiary/aromatic N) is 1. The fraction of sp³-hybridized carbons (Fsp3) is 0.222. The Bertz CT molecular complexity index is 299. The van der Waals surface area contributed by atoms with Gasteiger partial charge in [-0.25, -0.2) is 4.39 Å². The van der Waals surface area contributed by atoms with E-state index in [2.05, 4.69) is 10.9 Å². The van der Waals surface area contributed by atoms with Gasteiger partial charge in [-0.15, -0.1) is 6.42 Å². The highest BCUT2D eigenvalue weighted by Crippen LogP contribution is 2.08. The van der Waals surface area contributed by atoms with Crippen LogP contribution in [0.1, 0.15) is 16.8 Å². The standard InChI is InChI=1S/C9H8FN/c1-3-8-4-9(5-10)7(2)11-6-8/h1,4,6H,5H2,2H3. The first kappa shape index (κ1) is 7.74. The van der Waals surface area contributed by atoms with E-state index in [9.17, 15) is 4.39 Å². The number of terminal acetylenes is 1. The van der Waals surface area contributed by atoms with Crippen molar-refractivity contribution < 1.29 is 4.39 Å². The minimum absolute atomic E-state index is 0.506. The third-order valence-electron chi connectivity index (χ3n) is 1.50. The van der Waals surface area contributed by atoms with E-state index in [1.165, 1.54) is 0 Å². The molecule has 1 nitrogen and oxygen atoms in total. The van der Waals surface area contributed by atoms with E-state index in [-0.39, 0.29) is 0 Å². The molecule has 0 unspecified atom stereocenters. The molecule has 0 aromatic carbocycles. The van der Waals surface area contributed by atoms with Gasteiger partial charge in [0.2, 0.25) is 0 Å². The maximum Gasteiger partial charge on any atom is 0.116 e. The molecule has 0 bridgehead atoms. The summed E-state index contributed by atoms with van der Waals surface area (Å²) in [5, 5.41) is 0. The summed E-state index contributed by atoms with van der Waals surface area (Å²) in [6.07, 6.45) is 6.68. The molecular formula is C9H8FN. The molecule has 0 N–H and O–H groups in total. The highest BCUT2D eigenvalue weighted by atomic mass is 19.1. The average Bonchev–Trinajstić information content (AvgIpc) is 2.05. The monoisotopic (exact) mass is 149 g/mol. The number of hydrogen-bond acceptors (Lipinski definition) is 1. The molecule has 0 saturated carbocycles. The van der Waals surface area contributed by atoms with Crippen molar-refractivity contribution in [2.24, 2.45) is 0 Å². The van der Waals surface area contributed by atoms with Crippen LogP contribution in [-0.4, -0.2) is 4.98 Å². The van der Waals surface area contributed by atoms with Crippen LogP contribution in [-0.2, 0) is 6.67 Å².